The zero-order valence-electron chi connectivity index (χ0n) is 55.8. The Hall–Kier alpha value is -8.33. The number of allylic oxidation sites excluding steroid dienone is 1. The molecule has 4 aromatic heterocycles. The van der Waals surface area contributed by atoms with Crippen molar-refractivity contribution in [2.45, 2.75) is 127 Å². The van der Waals surface area contributed by atoms with Gasteiger partial charge < -0.3 is 24.8 Å². The molecule has 5 amide bonds. The molecule has 6 heterocycles. The summed E-state index contributed by atoms with van der Waals surface area (Å²) in [6.45, 7) is 25.8. The Morgan fingerprint density at radius 2 is 1.15 bits per heavy atom. The van der Waals surface area contributed by atoms with Gasteiger partial charge >= 0.3 is 6.09 Å². The maximum Gasteiger partial charge on any atom is 0.410 e. The summed E-state index contributed by atoms with van der Waals surface area (Å²) in [7, 11) is 0. The highest BCUT2D eigenvalue weighted by Gasteiger charge is 2.33. The SMILES string of the molecule is Br.C.C=CC(=O)Cl.C=CC(=O)N1CCc2ccc(-n3c(NC(=O)c4ccc(C(F)F)s4)nc4cc(CN(C(=O)OCc5ccccc5)[C@@H](C)C(C)(C)C)ccc43)cc21.C[C@H](NCc1ccc2c(c1)nc(NC(=O)c1ccc(C(F)F)s1)n2-c1ccc2c(c1)N(C(=O)CCBr)CC2)C(C)(C)C. The average molecular weight is 1560 g/mol. The Morgan fingerprint density at radius 1 is 0.660 bits per heavy atom. The highest BCUT2D eigenvalue weighted by atomic mass is 79.9. The first kappa shape index (κ1) is 79.0. The van der Waals surface area contributed by atoms with Crippen LogP contribution in [-0.2, 0) is 51.7 Å². The van der Waals surface area contributed by atoms with E-state index in [-0.39, 0.29) is 104 Å². The third kappa shape index (κ3) is 19.0. The minimum Gasteiger partial charge on any atom is -0.445 e. The molecule has 0 aliphatic carbocycles. The molecule has 11 rings (SSSR count). The fourth-order valence-electron chi connectivity index (χ4n) is 10.9. The maximum atomic E-state index is 13.6. The van der Waals surface area contributed by atoms with Crippen molar-refractivity contribution in [3.8, 4) is 11.4 Å². The third-order valence-electron chi connectivity index (χ3n) is 17.1. The van der Waals surface area contributed by atoms with Crippen molar-refractivity contribution >= 4 is 147 Å². The molecule has 0 bridgehead atoms. The van der Waals surface area contributed by atoms with Crippen molar-refractivity contribution in [2.24, 2.45) is 10.8 Å². The molecule has 530 valence electrons. The molecule has 0 saturated carbocycles. The van der Waals surface area contributed by atoms with E-state index in [0.717, 1.165) is 74.2 Å². The van der Waals surface area contributed by atoms with E-state index in [2.05, 4.69) is 93.5 Å². The molecule has 2 aliphatic heterocycles. The largest absolute Gasteiger partial charge is 0.445 e. The Kier molecular flexibility index (Phi) is 27.1. The van der Waals surface area contributed by atoms with Crippen LogP contribution in [0.5, 0.6) is 0 Å². The fraction of sp³-hybridized carbons (Fsp3) is 0.324. The van der Waals surface area contributed by atoms with Gasteiger partial charge in [0, 0.05) is 61.4 Å². The van der Waals surface area contributed by atoms with E-state index in [1.54, 1.807) is 19.3 Å². The number of carbonyl (C=O) groups excluding carboxylic acids is 6. The van der Waals surface area contributed by atoms with Crippen molar-refractivity contribution in [3.63, 3.8) is 0 Å². The van der Waals surface area contributed by atoms with E-state index in [9.17, 15) is 46.3 Å². The predicted octanol–water partition coefficient (Wildman–Crippen LogP) is 18.6. The van der Waals surface area contributed by atoms with Crippen molar-refractivity contribution in [1.29, 1.82) is 0 Å². The third-order valence-corrected chi connectivity index (χ3v) is 19.8. The summed E-state index contributed by atoms with van der Waals surface area (Å²) in [6, 6.07) is 38.1. The van der Waals surface area contributed by atoms with Crippen LogP contribution in [0, 0.1) is 10.8 Å². The zero-order chi connectivity index (χ0) is 70.9. The monoisotopic (exact) mass is 1550 g/mol. The summed E-state index contributed by atoms with van der Waals surface area (Å²) in [5.74, 6) is -0.837. The first-order valence-corrected chi connectivity index (χ1v) is 34.7. The predicted molar refractivity (Wildman–Crippen MR) is 402 cm³/mol. The molecule has 0 fully saturated rings. The minimum absolute atomic E-state index is 0. The van der Waals surface area contributed by atoms with Crippen LogP contribution in [-0.4, -0.2) is 89.5 Å². The number of nitrogens with one attached hydrogen (secondary N) is 3. The Bertz CT molecular complexity index is 4450. The number of amides is 5. The molecule has 100 heavy (non-hydrogen) atoms. The maximum absolute atomic E-state index is 13.6. The number of anilines is 4. The second-order valence-corrected chi connectivity index (χ2v) is 29.0. The quantitative estimate of drug-likeness (QED) is 0.0286. The molecule has 0 unspecified atom stereocenters. The summed E-state index contributed by atoms with van der Waals surface area (Å²) >= 11 is 9.54. The normalized spacial score (nSPS) is 13.0. The number of nitrogens with zero attached hydrogens (tertiary/aromatic N) is 7. The van der Waals surface area contributed by atoms with Crippen LogP contribution in [0.2, 0.25) is 0 Å². The molecule has 0 spiro atoms. The lowest BCUT2D eigenvalue weighted by molar-refractivity contribution is -0.118. The van der Waals surface area contributed by atoms with Crippen LogP contribution in [0.1, 0.15) is 139 Å². The van der Waals surface area contributed by atoms with E-state index < -0.39 is 36.0 Å². The smallest absolute Gasteiger partial charge is 0.410 e. The van der Waals surface area contributed by atoms with Crippen molar-refractivity contribution in [2.75, 3.05) is 38.9 Å². The number of hydrogen-bond donors (Lipinski definition) is 3. The van der Waals surface area contributed by atoms with Gasteiger partial charge in [-0.2, -0.15) is 0 Å². The molecule has 17 nitrogen and oxygen atoms in total. The van der Waals surface area contributed by atoms with Gasteiger partial charge in [-0.3, -0.25) is 43.7 Å². The highest BCUT2D eigenvalue weighted by molar-refractivity contribution is 9.09. The van der Waals surface area contributed by atoms with Gasteiger partial charge in [0.15, 0.2) is 0 Å². The van der Waals surface area contributed by atoms with Crippen LogP contribution >= 0.6 is 67.2 Å². The van der Waals surface area contributed by atoms with E-state index in [0.29, 0.717) is 71.4 Å². The summed E-state index contributed by atoms with van der Waals surface area (Å²) < 4.78 is 62.4. The second kappa shape index (κ2) is 34.4. The standard InChI is InChI=1S/C39H39F2N5O4S.C31H34BrF2N5O2S.C3H3ClO.CH4.BrH/c1-6-34(47)44-19-18-27-13-14-28(21-31(27)44)46-30-15-12-26(20-29(30)42-37(46)43-36(48)33-17-16-32(51-33)35(40)41)22-45(24(2)39(3,4)5)38(49)50-23-25-10-8-7-9-11-25;1-18(31(2,3)4)35-17-19-5-8-23-22(15-19)36-30(37-29(41)26-10-9-25(42-26)28(33)34)39(23)21-7-6-20-12-14-38(24(20)16-21)27(40)11-13-32;1-2-3(4)5;;/h6-17,20-21,24,35H,1,18-19,22-23H2,2-5H3,(H,42,43,48);5-10,15-16,18,28,35H,11-14,17H2,1-4H3,(H,36,37,41);2H,1H2;1H4;1H/t24-;18-;;;/m00.../s1. The number of benzene rings is 5. The number of hydrogen-bond acceptors (Lipinski definition) is 12. The van der Waals surface area contributed by atoms with E-state index in [4.69, 9.17) is 26.3 Å². The fourth-order valence-corrected chi connectivity index (χ4v) is 12.7. The van der Waals surface area contributed by atoms with Crippen molar-refractivity contribution < 1.29 is 51.1 Å². The number of ether oxygens (including phenoxy) is 1. The number of rotatable bonds is 20. The van der Waals surface area contributed by atoms with Crippen molar-refractivity contribution in [3.05, 3.63) is 200 Å². The second-order valence-electron chi connectivity index (χ2n) is 25.6. The number of halogens is 7. The molecule has 3 N–H and O–H groups in total. The van der Waals surface area contributed by atoms with Crippen LogP contribution in [0.4, 0.5) is 45.6 Å². The molecule has 0 saturated heterocycles. The first-order valence-electron chi connectivity index (χ1n) is 31.6. The van der Waals surface area contributed by atoms with Gasteiger partial charge in [0.2, 0.25) is 29.0 Å². The minimum atomic E-state index is -2.69. The number of imidazole rings is 2. The van der Waals surface area contributed by atoms with Gasteiger partial charge in [-0.1, -0.05) is 133 Å². The van der Waals surface area contributed by atoms with Gasteiger partial charge in [0.25, 0.3) is 24.7 Å². The summed E-state index contributed by atoms with van der Waals surface area (Å²) in [4.78, 5) is 89.7. The zero-order valence-corrected chi connectivity index (χ0v) is 61.5. The highest BCUT2D eigenvalue weighted by Crippen LogP contribution is 2.38. The molecule has 26 heteroatoms. The van der Waals surface area contributed by atoms with Crippen molar-refractivity contribution in [1.82, 2.24) is 29.3 Å². The number of aromatic nitrogens is 4. The van der Waals surface area contributed by atoms with E-state index >= 15 is 0 Å². The lowest BCUT2D eigenvalue weighted by Crippen LogP contribution is -2.45. The molecule has 0 radical (unpaired) electrons. The summed E-state index contributed by atoms with van der Waals surface area (Å²) in [6.07, 6.45) is -1.61. The van der Waals surface area contributed by atoms with E-state index in [1.165, 1.54) is 30.3 Å². The topological polar surface area (TPSA) is 193 Å². The first-order chi connectivity index (χ1) is 46.6. The number of carbonyl (C=O) groups is 6. The Labute approximate surface area is 611 Å². The lowest BCUT2D eigenvalue weighted by Gasteiger charge is -2.37. The van der Waals surface area contributed by atoms with Gasteiger partial charge in [-0.05, 0) is 162 Å². The molecule has 5 aromatic carbocycles. The van der Waals surface area contributed by atoms with Crippen LogP contribution in [0.3, 0.4) is 0 Å². The molecule has 2 atom stereocenters. The van der Waals surface area contributed by atoms with Crippen LogP contribution < -0.4 is 25.8 Å². The Morgan fingerprint density at radius 3 is 1.61 bits per heavy atom. The number of thiophene rings is 2. The molecular formula is C74H81Br2ClF4N10O7S2. The van der Waals surface area contributed by atoms with Crippen LogP contribution in [0.25, 0.3) is 33.4 Å². The molecule has 9 aromatic rings. The van der Waals surface area contributed by atoms with Gasteiger partial charge in [-0.15, -0.1) is 39.7 Å². The summed E-state index contributed by atoms with van der Waals surface area (Å²) in [5.41, 5.74) is 10.2. The lowest BCUT2D eigenvalue weighted by atomic mass is 9.87. The van der Waals surface area contributed by atoms with Gasteiger partial charge in [0.05, 0.1) is 53.0 Å². The summed E-state index contributed by atoms with van der Waals surface area (Å²) in [5, 5.41) is 9.33. The molecule has 2 aliphatic rings. The number of alkyl halides is 5. The van der Waals surface area contributed by atoms with Gasteiger partial charge in [-0.25, -0.2) is 32.3 Å². The van der Waals surface area contributed by atoms with E-state index in [1.807, 2.05) is 115 Å². The van der Waals surface area contributed by atoms with Crippen LogP contribution in [0.15, 0.2) is 153 Å². The average Bonchev–Trinajstić information content (AvgIpc) is 1.61. The number of fused-ring (bicyclic) bond motifs is 4. The Balaban J connectivity index is 0.000000262. The molecular weight excluding hydrogens is 1480 g/mol. The van der Waals surface area contributed by atoms with Gasteiger partial charge in [0.1, 0.15) is 6.61 Å².